The van der Waals surface area contributed by atoms with Crippen LogP contribution in [0.4, 0.5) is 13.2 Å². The molecule has 1 aliphatic rings. The maximum Gasteiger partial charge on any atom is 0.406 e. The minimum atomic E-state index is -4.72. The van der Waals surface area contributed by atoms with E-state index in [1.165, 1.54) is 4.90 Å². The van der Waals surface area contributed by atoms with Crippen molar-refractivity contribution < 1.29 is 23.1 Å². The third-order valence-corrected chi connectivity index (χ3v) is 3.55. The lowest BCUT2D eigenvalue weighted by molar-refractivity contribution is -0.227. The molecular formula is C13H14F3NO2. The van der Waals surface area contributed by atoms with Crippen molar-refractivity contribution >= 4 is 5.97 Å². The summed E-state index contributed by atoms with van der Waals surface area (Å²) in [6.07, 6.45) is -5.11. The van der Waals surface area contributed by atoms with Gasteiger partial charge in [0.2, 0.25) is 0 Å². The third-order valence-electron chi connectivity index (χ3n) is 3.55. The first kappa shape index (κ1) is 13.9. The van der Waals surface area contributed by atoms with Gasteiger partial charge in [0.25, 0.3) is 0 Å². The Labute approximate surface area is 108 Å². The van der Waals surface area contributed by atoms with E-state index in [2.05, 4.69) is 0 Å². The highest BCUT2D eigenvalue weighted by Crippen LogP contribution is 2.45. The fraction of sp³-hybridized carbons (Fsp3) is 0.462. The third kappa shape index (κ3) is 2.58. The van der Waals surface area contributed by atoms with Gasteiger partial charge in [0.15, 0.2) is 5.41 Å². The molecule has 0 aromatic heterocycles. The zero-order valence-electron chi connectivity index (χ0n) is 10.2. The minimum absolute atomic E-state index is 0.140. The van der Waals surface area contributed by atoms with Gasteiger partial charge in [0.1, 0.15) is 0 Å². The number of benzene rings is 1. The van der Waals surface area contributed by atoms with Gasteiger partial charge < -0.3 is 5.11 Å². The number of likely N-dealkylation sites (tertiary alicyclic amines) is 1. The summed E-state index contributed by atoms with van der Waals surface area (Å²) < 4.78 is 38.9. The summed E-state index contributed by atoms with van der Waals surface area (Å²) >= 11 is 0. The molecule has 1 atom stereocenters. The van der Waals surface area contributed by atoms with E-state index in [1.54, 1.807) is 12.1 Å². The van der Waals surface area contributed by atoms with Crippen molar-refractivity contribution in [2.75, 3.05) is 13.1 Å². The molecule has 0 bridgehead atoms. The molecule has 1 aromatic carbocycles. The summed E-state index contributed by atoms with van der Waals surface area (Å²) in [4.78, 5) is 12.6. The highest BCUT2D eigenvalue weighted by Gasteiger charge is 2.63. The Balaban J connectivity index is 2.12. The first-order chi connectivity index (χ1) is 8.85. The molecule has 0 radical (unpaired) electrons. The molecule has 0 spiro atoms. The second kappa shape index (κ2) is 4.85. The average molecular weight is 273 g/mol. The van der Waals surface area contributed by atoms with Crippen molar-refractivity contribution in [1.82, 2.24) is 4.90 Å². The van der Waals surface area contributed by atoms with Crippen LogP contribution < -0.4 is 0 Å². The fourth-order valence-electron chi connectivity index (χ4n) is 2.39. The second-order valence-electron chi connectivity index (χ2n) is 4.83. The van der Waals surface area contributed by atoms with E-state index < -0.39 is 30.5 Å². The monoisotopic (exact) mass is 273 g/mol. The molecule has 1 aromatic rings. The van der Waals surface area contributed by atoms with Gasteiger partial charge in [-0.05, 0) is 12.0 Å². The van der Waals surface area contributed by atoms with Gasteiger partial charge in [-0.25, -0.2) is 0 Å². The van der Waals surface area contributed by atoms with E-state index in [4.69, 9.17) is 5.11 Å². The molecule has 1 saturated heterocycles. The molecule has 0 aliphatic carbocycles. The number of nitrogens with zero attached hydrogens (tertiary/aromatic N) is 1. The van der Waals surface area contributed by atoms with Crippen LogP contribution in [0.1, 0.15) is 12.0 Å². The van der Waals surface area contributed by atoms with Crippen LogP contribution in [0.3, 0.4) is 0 Å². The van der Waals surface area contributed by atoms with Crippen LogP contribution in [0.2, 0.25) is 0 Å². The fourth-order valence-corrected chi connectivity index (χ4v) is 2.39. The highest BCUT2D eigenvalue weighted by atomic mass is 19.4. The van der Waals surface area contributed by atoms with Gasteiger partial charge in [-0.1, -0.05) is 30.3 Å². The lowest BCUT2D eigenvalue weighted by Gasteiger charge is -2.27. The van der Waals surface area contributed by atoms with Gasteiger partial charge in [0, 0.05) is 19.6 Å². The lowest BCUT2D eigenvalue weighted by atomic mass is 9.86. The SMILES string of the molecule is O=C(O)[C@]1(C(F)(F)F)CCN(Cc2ccccc2)C1. The number of hydrogen-bond acceptors (Lipinski definition) is 2. The average Bonchev–Trinajstić information content (AvgIpc) is 2.75. The molecule has 0 unspecified atom stereocenters. The van der Waals surface area contributed by atoms with Gasteiger partial charge in [-0.15, -0.1) is 0 Å². The van der Waals surface area contributed by atoms with Crippen LogP contribution in [0.15, 0.2) is 30.3 Å². The zero-order chi connectivity index (χ0) is 14.1. The molecular weight excluding hydrogens is 259 g/mol. The Bertz CT molecular complexity index is 461. The van der Waals surface area contributed by atoms with Crippen molar-refractivity contribution in [2.24, 2.45) is 5.41 Å². The highest BCUT2D eigenvalue weighted by molar-refractivity contribution is 5.76. The summed E-state index contributed by atoms with van der Waals surface area (Å²) in [5.41, 5.74) is -1.74. The summed E-state index contributed by atoms with van der Waals surface area (Å²) in [6, 6.07) is 9.06. The van der Waals surface area contributed by atoms with Crippen molar-refractivity contribution in [3.8, 4) is 0 Å². The van der Waals surface area contributed by atoms with E-state index in [0.29, 0.717) is 6.54 Å². The maximum atomic E-state index is 13.0. The minimum Gasteiger partial charge on any atom is -0.481 e. The molecule has 2 rings (SSSR count). The Hall–Kier alpha value is -1.56. The van der Waals surface area contributed by atoms with E-state index in [0.717, 1.165) is 5.56 Å². The van der Waals surface area contributed by atoms with Crippen LogP contribution in [0, 0.1) is 5.41 Å². The maximum absolute atomic E-state index is 13.0. The second-order valence-corrected chi connectivity index (χ2v) is 4.83. The van der Waals surface area contributed by atoms with Crippen LogP contribution in [0.5, 0.6) is 0 Å². The van der Waals surface area contributed by atoms with Crippen LogP contribution in [-0.2, 0) is 11.3 Å². The Morgan fingerprint density at radius 1 is 1.32 bits per heavy atom. The zero-order valence-corrected chi connectivity index (χ0v) is 10.2. The summed E-state index contributed by atoms with van der Waals surface area (Å²) in [6.45, 7) is -0.00657. The molecule has 19 heavy (non-hydrogen) atoms. The topological polar surface area (TPSA) is 40.5 Å². The van der Waals surface area contributed by atoms with E-state index in [1.807, 2.05) is 18.2 Å². The summed E-state index contributed by atoms with van der Waals surface area (Å²) in [5, 5.41) is 8.94. The number of halogens is 3. The quantitative estimate of drug-likeness (QED) is 0.920. The molecule has 104 valence electrons. The summed E-state index contributed by atoms with van der Waals surface area (Å²) in [5.74, 6) is -1.78. The number of carboxylic acid groups (broad SMARTS) is 1. The first-order valence-electron chi connectivity index (χ1n) is 5.91. The number of carbonyl (C=O) groups is 1. The standard InChI is InChI=1S/C13H14F3NO2/c14-13(15,16)12(11(18)19)6-7-17(9-12)8-10-4-2-1-3-5-10/h1-5H,6-9H2,(H,18,19)/t12-/m0/s1. The Morgan fingerprint density at radius 2 is 1.95 bits per heavy atom. The van der Waals surface area contributed by atoms with Gasteiger partial charge >= 0.3 is 12.1 Å². The molecule has 0 saturated carbocycles. The normalized spacial score (nSPS) is 24.6. The van der Waals surface area contributed by atoms with Crippen molar-refractivity contribution in [3.05, 3.63) is 35.9 Å². The van der Waals surface area contributed by atoms with Crippen molar-refractivity contribution in [3.63, 3.8) is 0 Å². The molecule has 3 nitrogen and oxygen atoms in total. The molecule has 0 amide bonds. The van der Waals surface area contributed by atoms with Gasteiger partial charge in [0.05, 0.1) is 0 Å². The lowest BCUT2D eigenvalue weighted by Crippen LogP contribution is -2.47. The van der Waals surface area contributed by atoms with Crippen molar-refractivity contribution in [2.45, 2.75) is 19.1 Å². The molecule has 1 heterocycles. The predicted molar refractivity (Wildman–Crippen MR) is 62.5 cm³/mol. The van der Waals surface area contributed by atoms with E-state index in [-0.39, 0.29) is 6.54 Å². The number of aliphatic carboxylic acids is 1. The molecule has 1 N–H and O–H groups in total. The summed E-state index contributed by atoms with van der Waals surface area (Å²) in [7, 11) is 0. The Morgan fingerprint density at radius 3 is 2.42 bits per heavy atom. The van der Waals surface area contributed by atoms with Crippen LogP contribution in [0.25, 0.3) is 0 Å². The number of hydrogen-bond donors (Lipinski definition) is 1. The first-order valence-corrected chi connectivity index (χ1v) is 5.91. The van der Waals surface area contributed by atoms with Crippen molar-refractivity contribution in [1.29, 1.82) is 0 Å². The van der Waals surface area contributed by atoms with Crippen LogP contribution in [-0.4, -0.2) is 35.2 Å². The molecule has 1 fully saturated rings. The smallest absolute Gasteiger partial charge is 0.406 e. The Kier molecular flexibility index (Phi) is 3.54. The van der Waals surface area contributed by atoms with Gasteiger partial charge in [-0.3, -0.25) is 9.69 Å². The number of alkyl halides is 3. The van der Waals surface area contributed by atoms with E-state index >= 15 is 0 Å². The number of rotatable bonds is 3. The van der Waals surface area contributed by atoms with E-state index in [9.17, 15) is 18.0 Å². The molecule has 6 heteroatoms. The predicted octanol–water partition coefficient (Wildman–Crippen LogP) is 2.53. The van der Waals surface area contributed by atoms with Crippen LogP contribution >= 0.6 is 0 Å². The largest absolute Gasteiger partial charge is 0.481 e. The van der Waals surface area contributed by atoms with Gasteiger partial charge in [-0.2, -0.15) is 13.2 Å². The number of carboxylic acids is 1. The molecule has 1 aliphatic heterocycles.